The number of para-hydroxylation sites is 1. The smallest absolute Gasteiger partial charge is 0.272 e. The fourth-order valence-electron chi connectivity index (χ4n) is 7.21. The highest BCUT2D eigenvalue weighted by Crippen LogP contribution is 2.44. The second kappa shape index (κ2) is 15.7. The largest absolute Gasteiger partial charge is 0.393 e. The molecule has 0 spiro atoms. The molecule has 8 rings (SSSR count). The maximum Gasteiger partial charge on any atom is 0.272 e. The van der Waals surface area contributed by atoms with E-state index in [2.05, 4.69) is 43.5 Å². The van der Waals surface area contributed by atoms with Gasteiger partial charge in [-0.25, -0.2) is 4.98 Å². The summed E-state index contributed by atoms with van der Waals surface area (Å²) in [5, 5.41) is 14.2. The Morgan fingerprint density at radius 2 is 1.74 bits per heavy atom. The van der Waals surface area contributed by atoms with Crippen LogP contribution in [0.25, 0.3) is 11.1 Å². The van der Waals surface area contributed by atoms with Gasteiger partial charge in [0, 0.05) is 76.0 Å². The first-order valence-electron chi connectivity index (χ1n) is 18.8. The summed E-state index contributed by atoms with van der Waals surface area (Å²) in [6, 6.07) is 12.2. The molecule has 3 aliphatic heterocycles. The molecule has 4 fully saturated rings. The van der Waals surface area contributed by atoms with E-state index in [1.807, 2.05) is 41.4 Å². The van der Waals surface area contributed by atoms with Crippen molar-refractivity contribution in [2.24, 2.45) is 17.4 Å². The molecule has 0 bridgehead atoms. The number of amides is 2. The van der Waals surface area contributed by atoms with Gasteiger partial charge < -0.3 is 42.0 Å². The zero-order valence-electron chi connectivity index (χ0n) is 30.7. The highest BCUT2D eigenvalue weighted by molar-refractivity contribution is 5.96. The number of aldehydes is 1. The maximum atomic E-state index is 13.0. The first-order chi connectivity index (χ1) is 25.7. The summed E-state index contributed by atoms with van der Waals surface area (Å²) in [5.74, 6) is 0.561. The first kappa shape index (κ1) is 36.0. The predicted octanol–water partition coefficient (Wildman–Crippen LogP) is 3.05. The number of benzene rings is 1. The van der Waals surface area contributed by atoms with Crippen molar-refractivity contribution in [1.29, 1.82) is 0 Å². The van der Waals surface area contributed by atoms with E-state index in [1.54, 1.807) is 13.1 Å². The number of fused-ring (bicyclic) bond motifs is 3. The fourth-order valence-corrected chi connectivity index (χ4v) is 7.21. The Balaban J connectivity index is 0.000000804. The number of anilines is 2. The fraction of sp³-hybridized carbons (Fsp3) is 0.462. The van der Waals surface area contributed by atoms with E-state index < -0.39 is 0 Å². The number of carbonyl (C=O) groups excluding carboxylic acids is 3. The monoisotopic (exact) mass is 721 g/mol. The van der Waals surface area contributed by atoms with Gasteiger partial charge in [0.1, 0.15) is 17.7 Å². The summed E-state index contributed by atoms with van der Waals surface area (Å²) in [6.45, 7) is 4.72. The molecule has 2 aromatic heterocycles. The third-order valence-corrected chi connectivity index (χ3v) is 10.7. The van der Waals surface area contributed by atoms with Crippen LogP contribution in [0.5, 0.6) is 0 Å². The van der Waals surface area contributed by atoms with E-state index in [0.717, 1.165) is 111 Å². The molecule has 14 heteroatoms. The van der Waals surface area contributed by atoms with Gasteiger partial charge >= 0.3 is 0 Å². The number of likely N-dealkylation sites (tertiary alicyclic amines) is 2. The van der Waals surface area contributed by atoms with Crippen molar-refractivity contribution in [3.63, 3.8) is 0 Å². The van der Waals surface area contributed by atoms with Crippen LogP contribution < -0.4 is 32.3 Å². The molecule has 7 N–H and O–H groups in total. The molecule has 2 saturated carbocycles. The Bertz CT molecular complexity index is 1900. The molecule has 3 aromatic rings. The minimum atomic E-state index is -0.308. The molecule has 14 nitrogen and oxygen atoms in total. The average molecular weight is 722 g/mol. The molecule has 0 radical (unpaired) electrons. The van der Waals surface area contributed by atoms with Crippen LogP contribution in [0.4, 0.5) is 11.4 Å². The number of aromatic nitrogens is 3. The second-order valence-corrected chi connectivity index (χ2v) is 14.7. The van der Waals surface area contributed by atoms with Crippen LogP contribution in [-0.4, -0.2) is 89.0 Å². The van der Waals surface area contributed by atoms with Crippen LogP contribution in [0.2, 0.25) is 0 Å². The Morgan fingerprint density at radius 1 is 0.981 bits per heavy atom. The number of pyridine rings is 1. The number of nitrogens with two attached hydrogens (primary N) is 2. The van der Waals surface area contributed by atoms with Crippen LogP contribution >= 0.6 is 0 Å². The lowest BCUT2D eigenvalue weighted by Crippen LogP contribution is -2.48. The Hall–Kier alpha value is -5.37. The third-order valence-electron chi connectivity index (χ3n) is 10.7. The summed E-state index contributed by atoms with van der Waals surface area (Å²) in [7, 11) is 3.78. The number of hydrogen-bond acceptors (Lipinski definition) is 11. The van der Waals surface area contributed by atoms with Crippen LogP contribution in [0.1, 0.15) is 72.9 Å². The van der Waals surface area contributed by atoms with Crippen LogP contribution in [0, 0.1) is 5.92 Å². The predicted molar refractivity (Wildman–Crippen MR) is 204 cm³/mol. The van der Waals surface area contributed by atoms with Gasteiger partial charge in [-0.1, -0.05) is 18.2 Å². The standard InChI is InChI=1S/C35H45N11O2.C4H6O/c1-38-31(36)16-29(32(37)34(47)41-22-8-5-9-22)42-27-12-7-11-25-26-17-39-46(30(26)21-43(2)33(25)27)24-19-44(20-24)18-23-10-6-13-28(40-23)35(48)45-14-3-4-15-45;5-3-4-1-2-4/h6-7,10-13,16-17,22,24,38,42H,3-5,8-9,14-15,18-21,36-37H2,1-2H3,(H,41,47);3-4H,1-2H2/b31-16+,32-29+;. The number of carbonyl (C=O) groups is 3. The molecule has 5 aliphatic rings. The van der Waals surface area contributed by atoms with Gasteiger partial charge in [-0.2, -0.15) is 5.10 Å². The van der Waals surface area contributed by atoms with E-state index in [1.165, 1.54) is 0 Å². The third kappa shape index (κ3) is 8.02. The molecule has 53 heavy (non-hydrogen) atoms. The molecular formula is C39H51N11O3. The van der Waals surface area contributed by atoms with E-state index in [4.69, 9.17) is 21.5 Å². The van der Waals surface area contributed by atoms with Crippen molar-refractivity contribution >= 4 is 29.5 Å². The molecule has 0 unspecified atom stereocenters. The molecule has 1 aromatic carbocycles. The topological polar surface area (TPSA) is 180 Å². The van der Waals surface area contributed by atoms with Crippen molar-refractivity contribution in [2.75, 3.05) is 50.5 Å². The lowest BCUT2D eigenvalue weighted by atomic mass is 9.93. The summed E-state index contributed by atoms with van der Waals surface area (Å²) < 4.78 is 2.16. The zero-order valence-corrected chi connectivity index (χ0v) is 30.7. The van der Waals surface area contributed by atoms with E-state index >= 15 is 0 Å². The summed E-state index contributed by atoms with van der Waals surface area (Å²) in [4.78, 5) is 46.6. The van der Waals surface area contributed by atoms with Crippen molar-refractivity contribution in [1.82, 2.24) is 35.2 Å². The molecular weight excluding hydrogens is 671 g/mol. The summed E-state index contributed by atoms with van der Waals surface area (Å²) >= 11 is 0. The Morgan fingerprint density at radius 3 is 2.40 bits per heavy atom. The molecule has 280 valence electrons. The molecule has 0 atom stereocenters. The van der Waals surface area contributed by atoms with Gasteiger partial charge in [0.2, 0.25) is 0 Å². The lowest BCUT2D eigenvalue weighted by Gasteiger charge is -2.40. The first-order valence-corrected chi connectivity index (χ1v) is 18.8. The molecule has 2 amide bonds. The highest BCUT2D eigenvalue weighted by atomic mass is 16.2. The minimum Gasteiger partial charge on any atom is -0.393 e. The van der Waals surface area contributed by atoms with Crippen LogP contribution in [0.3, 0.4) is 0 Å². The summed E-state index contributed by atoms with van der Waals surface area (Å²) in [6.07, 6.45) is 12.1. The second-order valence-electron chi connectivity index (χ2n) is 14.7. The molecule has 5 heterocycles. The molecule has 2 aliphatic carbocycles. The normalized spacial score (nSPS) is 19.1. The lowest BCUT2D eigenvalue weighted by molar-refractivity contribution is -0.118. The van der Waals surface area contributed by atoms with Gasteiger partial charge in [0.25, 0.3) is 11.8 Å². The quantitative estimate of drug-likeness (QED) is 0.112. The Kier molecular flexibility index (Phi) is 10.7. The number of allylic oxidation sites excluding steroid dienone is 1. The van der Waals surface area contributed by atoms with E-state index in [-0.39, 0.29) is 29.6 Å². The number of nitrogens with zero attached hydrogens (tertiary/aromatic N) is 6. The van der Waals surface area contributed by atoms with E-state index in [0.29, 0.717) is 36.2 Å². The van der Waals surface area contributed by atoms with Crippen molar-refractivity contribution < 1.29 is 14.4 Å². The average Bonchev–Trinajstić information content (AvgIpc) is 3.65. The van der Waals surface area contributed by atoms with E-state index in [9.17, 15) is 14.4 Å². The molecule has 2 saturated heterocycles. The SMILES string of the molecule is CN/C(N)=C/C(Nc1cccc2c1N(C)Cc1c-2cnn1C1CN(Cc2cccc(C(=O)N3CCCC3)n2)C1)=C(\N)C(=O)NC1CCC1.O=CC1CC1. The van der Waals surface area contributed by atoms with Gasteiger partial charge in [-0.05, 0) is 63.1 Å². The zero-order chi connectivity index (χ0) is 37.1. The van der Waals surface area contributed by atoms with Gasteiger partial charge in [0.15, 0.2) is 0 Å². The van der Waals surface area contributed by atoms with Crippen LogP contribution in [0.15, 0.2) is 65.9 Å². The van der Waals surface area contributed by atoms with Crippen molar-refractivity contribution in [3.8, 4) is 11.1 Å². The highest BCUT2D eigenvalue weighted by Gasteiger charge is 2.34. The number of rotatable bonds is 11. The minimum absolute atomic E-state index is 0.0329. The van der Waals surface area contributed by atoms with Gasteiger partial charge in [0.05, 0.1) is 53.1 Å². The van der Waals surface area contributed by atoms with Gasteiger partial charge in [-0.15, -0.1) is 0 Å². The number of hydrogen-bond donors (Lipinski definition) is 5. The maximum absolute atomic E-state index is 13.0. The van der Waals surface area contributed by atoms with Gasteiger partial charge in [-0.3, -0.25) is 19.2 Å². The van der Waals surface area contributed by atoms with Crippen molar-refractivity contribution in [3.05, 3.63) is 83.0 Å². The van der Waals surface area contributed by atoms with Crippen LogP contribution in [-0.2, 0) is 22.7 Å². The summed E-state index contributed by atoms with van der Waals surface area (Å²) in [5.41, 5.74) is 19.6. The Labute approximate surface area is 310 Å². The number of nitrogens with one attached hydrogen (secondary N) is 3. The van der Waals surface area contributed by atoms with Crippen molar-refractivity contribution in [2.45, 2.75) is 70.1 Å².